The molecule has 2 atom stereocenters. The number of rotatable bonds is 5. The molecular formula is C27H27FN4O6. The second-order valence-corrected chi connectivity index (χ2v) is 10.0. The molecule has 4 heterocycles. The summed E-state index contributed by atoms with van der Waals surface area (Å²) in [4.78, 5) is 43.7. The standard InChI is InChI=1S/C27H27FN4O6/c1-12-13-4-5-18(30-21(33)10-37-11-29)23-14-8-32-20(24(14)31-19(22(13)23)7-17(12)28)6-16-15(25(32)34)9-38-26(35)27(16,2)36-3/h6-7,18H,4-5,8-11,29H2,1-3H3,(H,30,33)/t18-,27-/m0/s1. The Balaban J connectivity index is 1.60. The Bertz CT molecular complexity index is 1620. The van der Waals surface area contributed by atoms with Crippen LogP contribution in [0.5, 0.6) is 0 Å². The van der Waals surface area contributed by atoms with E-state index < -0.39 is 17.6 Å². The Kier molecular flexibility index (Phi) is 5.64. The molecule has 0 fully saturated rings. The van der Waals surface area contributed by atoms with Crippen molar-refractivity contribution < 1.29 is 28.2 Å². The SMILES string of the molecule is CO[C@]1(C)C(=O)OCc2c1cc1n(c2=O)Cc2c-1nc1cc(F)c(C)c3c1c2[C@@H](NC(=O)COCN)CC3. The highest BCUT2D eigenvalue weighted by molar-refractivity contribution is 5.94. The number of carbonyl (C=O) groups is 2. The third-order valence-electron chi connectivity index (χ3n) is 8.08. The Morgan fingerprint density at radius 2 is 2.11 bits per heavy atom. The minimum Gasteiger partial charge on any atom is -0.458 e. The summed E-state index contributed by atoms with van der Waals surface area (Å²) in [6.07, 6.45) is 1.10. The van der Waals surface area contributed by atoms with Gasteiger partial charge >= 0.3 is 5.97 Å². The Morgan fingerprint density at radius 3 is 2.84 bits per heavy atom. The fourth-order valence-corrected chi connectivity index (χ4v) is 6.02. The van der Waals surface area contributed by atoms with Crippen molar-refractivity contribution >= 4 is 22.8 Å². The molecule has 0 bridgehead atoms. The second kappa shape index (κ2) is 8.69. The maximum Gasteiger partial charge on any atom is 0.343 e. The minimum absolute atomic E-state index is 0.0796. The normalized spacial score (nSPS) is 21.1. The van der Waals surface area contributed by atoms with Crippen LogP contribution in [0, 0.1) is 12.7 Å². The predicted molar refractivity (Wildman–Crippen MR) is 134 cm³/mol. The largest absolute Gasteiger partial charge is 0.458 e. The number of aromatic nitrogens is 2. The molecule has 1 aliphatic carbocycles. The van der Waals surface area contributed by atoms with Gasteiger partial charge in [0.05, 0.1) is 41.8 Å². The van der Waals surface area contributed by atoms with Crippen LogP contribution < -0.4 is 16.6 Å². The highest BCUT2D eigenvalue weighted by Crippen LogP contribution is 2.45. The quantitative estimate of drug-likeness (QED) is 0.300. The highest BCUT2D eigenvalue weighted by Gasteiger charge is 2.45. The van der Waals surface area contributed by atoms with Gasteiger partial charge in [0.1, 0.15) is 19.0 Å². The van der Waals surface area contributed by atoms with Crippen molar-refractivity contribution in [2.24, 2.45) is 5.73 Å². The fraction of sp³-hybridized carbons (Fsp3) is 0.407. The lowest BCUT2D eigenvalue weighted by Gasteiger charge is -2.32. The molecule has 10 nitrogen and oxygen atoms in total. The van der Waals surface area contributed by atoms with Crippen molar-refractivity contribution in [1.82, 2.24) is 14.9 Å². The fourth-order valence-electron chi connectivity index (χ4n) is 6.02. The number of nitrogens with one attached hydrogen (secondary N) is 1. The molecule has 2 aliphatic heterocycles. The molecule has 198 valence electrons. The van der Waals surface area contributed by atoms with Gasteiger partial charge in [0.15, 0.2) is 5.60 Å². The zero-order chi connectivity index (χ0) is 26.9. The number of halogens is 1. The molecule has 0 radical (unpaired) electrons. The summed E-state index contributed by atoms with van der Waals surface area (Å²) in [6.45, 7) is 3.10. The molecule has 0 spiro atoms. The number of ether oxygens (including phenoxy) is 3. The number of carbonyl (C=O) groups excluding carboxylic acids is 2. The van der Waals surface area contributed by atoms with Crippen LogP contribution in [0.15, 0.2) is 16.9 Å². The van der Waals surface area contributed by atoms with Gasteiger partial charge in [-0.1, -0.05) is 0 Å². The number of nitrogens with two attached hydrogens (primary N) is 1. The first-order chi connectivity index (χ1) is 18.2. The predicted octanol–water partition coefficient (Wildman–Crippen LogP) is 1.83. The molecule has 38 heavy (non-hydrogen) atoms. The van der Waals surface area contributed by atoms with Crippen LogP contribution in [-0.2, 0) is 49.0 Å². The zero-order valence-corrected chi connectivity index (χ0v) is 21.3. The maximum atomic E-state index is 15.0. The van der Waals surface area contributed by atoms with E-state index in [1.165, 1.54) is 13.2 Å². The van der Waals surface area contributed by atoms with Gasteiger partial charge in [0.2, 0.25) is 5.91 Å². The molecule has 6 rings (SSSR count). The van der Waals surface area contributed by atoms with Crippen LogP contribution in [0.3, 0.4) is 0 Å². The van der Waals surface area contributed by atoms with Crippen LogP contribution in [0.1, 0.15) is 52.8 Å². The van der Waals surface area contributed by atoms with E-state index in [1.807, 2.05) is 0 Å². The van der Waals surface area contributed by atoms with Gasteiger partial charge in [-0.2, -0.15) is 0 Å². The minimum atomic E-state index is -1.45. The van der Waals surface area contributed by atoms with E-state index >= 15 is 0 Å². The number of fused-ring (bicyclic) bond motifs is 5. The summed E-state index contributed by atoms with van der Waals surface area (Å²) in [7, 11) is 1.39. The second-order valence-electron chi connectivity index (χ2n) is 10.0. The molecule has 1 amide bonds. The average molecular weight is 523 g/mol. The first-order valence-corrected chi connectivity index (χ1v) is 12.4. The third kappa shape index (κ3) is 3.35. The lowest BCUT2D eigenvalue weighted by molar-refractivity contribution is -0.173. The molecular weight excluding hydrogens is 495 g/mol. The van der Waals surface area contributed by atoms with E-state index in [9.17, 15) is 18.8 Å². The van der Waals surface area contributed by atoms with Crippen molar-refractivity contribution in [3.63, 3.8) is 0 Å². The van der Waals surface area contributed by atoms with Crippen LogP contribution in [0.4, 0.5) is 4.39 Å². The summed E-state index contributed by atoms with van der Waals surface area (Å²) in [5.74, 6) is -1.27. The first-order valence-electron chi connectivity index (χ1n) is 12.4. The Labute approximate surface area is 216 Å². The van der Waals surface area contributed by atoms with E-state index in [-0.39, 0.29) is 43.8 Å². The van der Waals surface area contributed by atoms with Crippen LogP contribution >= 0.6 is 0 Å². The van der Waals surface area contributed by atoms with Gasteiger partial charge in [0.25, 0.3) is 5.56 Å². The lowest BCUT2D eigenvalue weighted by atomic mass is 9.81. The van der Waals surface area contributed by atoms with Gasteiger partial charge in [0, 0.05) is 29.7 Å². The number of amides is 1. The zero-order valence-electron chi connectivity index (χ0n) is 21.3. The molecule has 3 aromatic rings. The molecule has 0 saturated heterocycles. The molecule has 0 unspecified atom stereocenters. The van der Waals surface area contributed by atoms with Gasteiger partial charge in [-0.15, -0.1) is 0 Å². The molecule has 0 saturated carbocycles. The molecule has 3 aliphatic rings. The third-order valence-corrected chi connectivity index (χ3v) is 8.08. The number of hydrogen-bond donors (Lipinski definition) is 2. The number of cyclic esters (lactones) is 1. The van der Waals surface area contributed by atoms with Crippen molar-refractivity contribution in [2.75, 3.05) is 20.4 Å². The molecule has 3 N–H and O–H groups in total. The summed E-state index contributed by atoms with van der Waals surface area (Å²) >= 11 is 0. The summed E-state index contributed by atoms with van der Waals surface area (Å²) in [5, 5.41) is 3.83. The molecule has 1 aromatic carbocycles. The number of nitrogens with zero attached hydrogens (tertiary/aromatic N) is 2. The topological polar surface area (TPSA) is 135 Å². The van der Waals surface area contributed by atoms with Crippen LogP contribution in [-0.4, -0.2) is 41.9 Å². The monoisotopic (exact) mass is 522 g/mol. The van der Waals surface area contributed by atoms with E-state index in [1.54, 1.807) is 24.5 Å². The van der Waals surface area contributed by atoms with Crippen molar-refractivity contribution in [2.45, 2.75) is 51.5 Å². The smallest absolute Gasteiger partial charge is 0.343 e. The van der Waals surface area contributed by atoms with Crippen LogP contribution in [0.2, 0.25) is 0 Å². The van der Waals surface area contributed by atoms with E-state index in [2.05, 4.69) is 5.32 Å². The van der Waals surface area contributed by atoms with E-state index in [0.29, 0.717) is 46.4 Å². The average Bonchev–Trinajstić information content (AvgIpc) is 3.27. The number of methoxy groups -OCH3 is 1. The number of esters is 1. The van der Waals surface area contributed by atoms with E-state index in [4.69, 9.17) is 24.9 Å². The maximum absolute atomic E-state index is 15.0. The van der Waals surface area contributed by atoms with Gasteiger partial charge in [-0.3, -0.25) is 9.59 Å². The molecule has 11 heteroatoms. The lowest BCUT2D eigenvalue weighted by Crippen LogP contribution is -2.44. The van der Waals surface area contributed by atoms with Crippen molar-refractivity contribution in [3.8, 4) is 11.4 Å². The summed E-state index contributed by atoms with van der Waals surface area (Å²) < 4.78 is 32.4. The van der Waals surface area contributed by atoms with E-state index in [0.717, 1.165) is 22.1 Å². The summed E-state index contributed by atoms with van der Waals surface area (Å²) in [6, 6.07) is 2.75. The Morgan fingerprint density at radius 1 is 1.32 bits per heavy atom. The van der Waals surface area contributed by atoms with Crippen molar-refractivity contribution in [1.29, 1.82) is 0 Å². The number of pyridine rings is 2. The number of benzene rings is 1. The van der Waals surface area contributed by atoms with Crippen LogP contribution in [0.25, 0.3) is 22.3 Å². The number of aryl methyl sites for hydroxylation is 1. The molecule has 2 aromatic heterocycles. The summed E-state index contributed by atoms with van der Waals surface area (Å²) in [5.41, 5.74) is 8.84. The first kappa shape index (κ1) is 24.7. The highest BCUT2D eigenvalue weighted by atomic mass is 19.1. The Hall–Kier alpha value is -3.67. The van der Waals surface area contributed by atoms with Gasteiger partial charge < -0.3 is 29.8 Å². The van der Waals surface area contributed by atoms with Crippen molar-refractivity contribution in [3.05, 3.63) is 61.7 Å². The number of hydrogen-bond acceptors (Lipinski definition) is 8. The van der Waals surface area contributed by atoms with Gasteiger partial charge in [-0.05, 0) is 49.4 Å². The van der Waals surface area contributed by atoms with Gasteiger partial charge in [-0.25, -0.2) is 14.2 Å².